The Balaban J connectivity index is 1.64. The van der Waals surface area contributed by atoms with Crippen molar-refractivity contribution in [1.29, 1.82) is 0 Å². The minimum Gasteiger partial charge on any atom is -0.483 e. The molecule has 132 valence electrons. The van der Waals surface area contributed by atoms with E-state index in [1.807, 2.05) is 0 Å². The molecule has 0 saturated heterocycles. The molecular formula is C19H17N3O4. The fraction of sp³-hybridized carbons (Fsp3) is 0.105. The van der Waals surface area contributed by atoms with Crippen LogP contribution in [0.4, 0.5) is 11.4 Å². The Bertz CT molecular complexity index is 1010. The van der Waals surface area contributed by atoms with Crippen LogP contribution in [0.3, 0.4) is 0 Å². The highest BCUT2D eigenvalue weighted by Crippen LogP contribution is 2.22. The summed E-state index contributed by atoms with van der Waals surface area (Å²) in [4.78, 5) is 37.5. The Hall–Kier alpha value is -3.61. The Kier molecular flexibility index (Phi) is 4.98. The van der Waals surface area contributed by atoms with E-state index in [0.29, 0.717) is 27.9 Å². The molecule has 0 aliphatic carbocycles. The van der Waals surface area contributed by atoms with Gasteiger partial charge in [-0.05, 0) is 42.5 Å². The SMILES string of the molecule is CC(=O)Nc1ccc(NC(=O)COc2cccc3c(=O)[nH]ccc23)cc1. The fourth-order valence-electron chi connectivity index (χ4n) is 2.50. The summed E-state index contributed by atoms with van der Waals surface area (Å²) in [5.74, 6) is -0.0343. The zero-order chi connectivity index (χ0) is 18.5. The van der Waals surface area contributed by atoms with E-state index in [-0.39, 0.29) is 24.0 Å². The van der Waals surface area contributed by atoms with Crippen LogP contribution in [0.1, 0.15) is 6.92 Å². The summed E-state index contributed by atoms with van der Waals surface area (Å²) in [6.45, 7) is 1.23. The van der Waals surface area contributed by atoms with Crippen LogP contribution in [0.5, 0.6) is 5.75 Å². The molecule has 2 amide bonds. The molecule has 0 saturated carbocycles. The molecule has 0 radical (unpaired) electrons. The third kappa shape index (κ3) is 4.07. The molecule has 0 aliphatic heterocycles. The lowest BCUT2D eigenvalue weighted by molar-refractivity contribution is -0.118. The Morgan fingerprint density at radius 3 is 2.35 bits per heavy atom. The molecule has 7 nitrogen and oxygen atoms in total. The van der Waals surface area contributed by atoms with E-state index in [4.69, 9.17) is 4.74 Å². The monoisotopic (exact) mass is 351 g/mol. The smallest absolute Gasteiger partial charge is 0.262 e. The van der Waals surface area contributed by atoms with Crippen LogP contribution >= 0.6 is 0 Å². The van der Waals surface area contributed by atoms with E-state index in [9.17, 15) is 14.4 Å². The number of carbonyl (C=O) groups is 2. The molecule has 0 spiro atoms. The van der Waals surface area contributed by atoms with Gasteiger partial charge >= 0.3 is 0 Å². The first-order valence-corrected chi connectivity index (χ1v) is 7.93. The lowest BCUT2D eigenvalue weighted by Crippen LogP contribution is -2.20. The van der Waals surface area contributed by atoms with E-state index >= 15 is 0 Å². The van der Waals surface area contributed by atoms with Crippen LogP contribution < -0.4 is 20.9 Å². The number of ether oxygens (including phenoxy) is 1. The highest BCUT2D eigenvalue weighted by molar-refractivity contribution is 5.93. The summed E-state index contributed by atoms with van der Waals surface area (Å²) in [6, 6.07) is 13.6. The Labute approximate surface area is 149 Å². The molecule has 7 heteroatoms. The van der Waals surface area contributed by atoms with Gasteiger partial charge < -0.3 is 20.4 Å². The first kappa shape index (κ1) is 17.2. The number of carbonyl (C=O) groups excluding carboxylic acids is 2. The van der Waals surface area contributed by atoms with Gasteiger partial charge in [0, 0.05) is 29.9 Å². The van der Waals surface area contributed by atoms with E-state index in [1.54, 1.807) is 48.5 Å². The zero-order valence-electron chi connectivity index (χ0n) is 14.0. The van der Waals surface area contributed by atoms with E-state index < -0.39 is 0 Å². The van der Waals surface area contributed by atoms with E-state index in [1.165, 1.54) is 13.1 Å². The second-order valence-electron chi connectivity index (χ2n) is 5.62. The topological polar surface area (TPSA) is 100 Å². The van der Waals surface area contributed by atoms with Crippen molar-refractivity contribution in [3.8, 4) is 5.75 Å². The summed E-state index contributed by atoms with van der Waals surface area (Å²) < 4.78 is 5.56. The lowest BCUT2D eigenvalue weighted by Gasteiger charge is -2.10. The minimum atomic E-state index is -0.334. The Morgan fingerprint density at radius 1 is 0.962 bits per heavy atom. The summed E-state index contributed by atoms with van der Waals surface area (Å²) in [5, 5.41) is 6.50. The molecule has 3 N–H and O–H groups in total. The van der Waals surface area contributed by atoms with E-state index in [0.717, 1.165) is 0 Å². The van der Waals surface area contributed by atoms with Crippen molar-refractivity contribution in [2.75, 3.05) is 17.2 Å². The molecular weight excluding hydrogens is 334 g/mol. The molecule has 3 aromatic rings. The molecule has 3 rings (SSSR count). The van der Waals surface area contributed by atoms with Crippen molar-refractivity contribution in [3.63, 3.8) is 0 Å². The van der Waals surface area contributed by atoms with Crippen LogP contribution in [-0.2, 0) is 9.59 Å². The average molecular weight is 351 g/mol. The van der Waals surface area contributed by atoms with Crippen LogP contribution in [-0.4, -0.2) is 23.4 Å². The number of aromatic amines is 1. The van der Waals surface area contributed by atoms with Crippen LogP contribution in [0.25, 0.3) is 10.8 Å². The standard InChI is InChI=1S/C19H17N3O4/c1-12(23)21-13-5-7-14(8-6-13)22-18(24)11-26-17-4-2-3-16-15(17)9-10-20-19(16)25/h2-10H,11H2,1H3,(H,20,25)(H,21,23)(H,22,24). The number of hydrogen-bond donors (Lipinski definition) is 3. The summed E-state index contributed by atoms with van der Waals surface area (Å²) in [7, 11) is 0. The van der Waals surface area contributed by atoms with Gasteiger partial charge in [0.2, 0.25) is 5.91 Å². The fourth-order valence-corrected chi connectivity index (χ4v) is 2.50. The summed E-state index contributed by atoms with van der Waals surface area (Å²) in [6.07, 6.45) is 1.54. The van der Waals surface area contributed by atoms with Crippen molar-refractivity contribution in [1.82, 2.24) is 4.98 Å². The number of fused-ring (bicyclic) bond motifs is 1. The third-order valence-corrected chi connectivity index (χ3v) is 3.62. The molecule has 0 unspecified atom stereocenters. The molecule has 1 aromatic heterocycles. The first-order valence-electron chi connectivity index (χ1n) is 7.93. The average Bonchev–Trinajstić information content (AvgIpc) is 2.62. The number of aromatic nitrogens is 1. The normalized spacial score (nSPS) is 10.3. The van der Waals surface area contributed by atoms with Crippen LogP contribution in [0.15, 0.2) is 59.5 Å². The number of benzene rings is 2. The number of anilines is 2. The van der Waals surface area contributed by atoms with Gasteiger partial charge in [0.1, 0.15) is 5.75 Å². The maximum atomic E-state index is 12.1. The van der Waals surface area contributed by atoms with Crippen molar-refractivity contribution in [3.05, 3.63) is 65.1 Å². The molecule has 1 heterocycles. The van der Waals surface area contributed by atoms with Gasteiger partial charge in [0.05, 0.1) is 5.39 Å². The summed E-state index contributed by atoms with van der Waals surface area (Å²) in [5.41, 5.74) is 1.02. The highest BCUT2D eigenvalue weighted by Gasteiger charge is 2.08. The molecule has 0 atom stereocenters. The van der Waals surface area contributed by atoms with Crippen molar-refractivity contribution in [2.24, 2.45) is 0 Å². The van der Waals surface area contributed by atoms with Gasteiger partial charge in [-0.1, -0.05) is 6.07 Å². The maximum absolute atomic E-state index is 12.1. The van der Waals surface area contributed by atoms with Gasteiger partial charge in [0.15, 0.2) is 6.61 Å². The van der Waals surface area contributed by atoms with Crippen molar-refractivity contribution in [2.45, 2.75) is 6.92 Å². The number of rotatable bonds is 5. The zero-order valence-corrected chi connectivity index (χ0v) is 14.0. The number of pyridine rings is 1. The van der Waals surface area contributed by atoms with Crippen LogP contribution in [0, 0.1) is 0 Å². The molecule has 26 heavy (non-hydrogen) atoms. The molecule has 2 aromatic carbocycles. The van der Waals surface area contributed by atoms with Gasteiger partial charge in [0.25, 0.3) is 11.5 Å². The van der Waals surface area contributed by atoms with Crippen molar-refractivity contribution < 1.29 is 14.3 Å². The number of hydrogen-bond acceptors (Lipinski definition) is 4. The second kappa shape index (κ2) is 7.52. The number of nitrogens with one attached hydrogen (secondary N) is 3. The second-order valence-corrected chi connectivity index (χ2v) is 5.62. The predicted molar refractivity (Wildman–Crippen MR) is 99.4 cm³/mol. The quantitative estimate of drug-likeness (QED) is 0.657. The third-order valence-electron chi connectivity index (χ3n) is 3.62. The van der Waals surface area contributed by atoms with Gasteiger partial charge in [-0.3, -0.25) is 14.4 Å². The van der Waals surface area contributed by atoms with Crippen LogP contribution in [0.2, 0.25) is 0 Å². The molecule has 0 bridgehead atoms. The molecule has 0 fully saturated rings. The van der Waals surface area contributed by atoms with Crippen molar-refractivity contribution >= 4 is 34.0 Å². The first-order chi connectivity index (χ1) is 12.5. The summed E-state index contributed by atoms with van der Waals surface area (Å²) >= 11 is 0. The van der Waals surface area contributed by atoms with Gasteiger partial charge in [-0.15, -0.1) is 0 Å². The number of amides is 2. The number of H-pyrrole nitrogens is 1. The largest absolute Gasteiger partial charge is 0.483 e. The maximum Gasteiger partial charge on any atom is 0.262 e. The highest BCUT2D eigenvalue weighted by atomic mass is 16.5. The Morgan fingerprint density at radius 2 is 1.65 bits per heavy atom. The molecule has 0 aliphatic rings. The van der Waals surface area contributed by atoms with Gasteiger partial charge in [-0.2, -0.15) is 0 Å². The minimum absolute atomic E-state index is 0.163. The predicted octanol–water partition coefficient (Wildman–Crippen LogP) is 2.50. The lowest BCUT2D eigenvalue weighted by atomic mass is 10.1. The van der Waals surface area contributed by atoms with Gasteiger partial charge in [-0.25, -0.2) is 0 Å². The van der Waals surface area contributed by atoms with E-state index in [2.05, 4.69) is 15.6 Å².